The van der Waals surface area contributed by atoms with Crippen molar-refractivity contribution in [3.63, 3.8) is 0 Å². The van der Waals surface area contributed by atoms with E-state index in [-0.39, 0.29) is 23.6 Å². The van der Waals surface area contributed by atoms with Crippen LogP contribution >= 0.6 is 0 Å². The maximum atomic E-state index is 12.3. The fourth-order valence-electron chi connectivity index (χ4n) is 1.70. The Balaban J connectivity index is 2.42. The van der Waals surface area contributed by atoms with Crippen molar-refractivity contribution < 1.29 is 23.5 Å². The van der Waals surface area contributed by atoms with Crippen LogP contribution in [0.3, 0.4) is 0 Å². The van der Waals surface area contributed by atoms with Crippen LogP contribution in [0.25, 0.3) is 11.3 Å². The lowest BCUT2D eigenvalue weighted by Gasteiger charge is -2.12. The Hall–Kier alpha value is -2.64. The Kier molecular flexibility index (Phi) is 4.36. The minimum atomic E-state index is -2.95. The van der Waals surface area contributed by atoms with Crippen LogP contribution in [0.4, 0.5) is 8.78 Å². The Labute approximate surface area is 118 Å². The van der Waals surface area contributed by atoms with E-state index in [1.54, 1.807) is 6.92 Å². The summed E-state index contributed by atoms with van der Waals surface area (Å²) >= 11 is 0. The number of aromatic nitrogens is 2. The van der Waals surface area contributed by atoms with Crippen molar-refractivity contribution in [2.24, 2.45) is 0 Å². The summed E-state index contributed by atoms with van der Waals surface area (Å²) in [6.07, 6.45) is 0. The maximum Gasteiger partial charge on any atom is 0.387 e. The van der Waals surface area contributed by atoms with E-state index in [0.29, 0.717) is 16.1 Å². The molecule has 1 aromatic heterocycles. The number of ether oxygens (including phenoxy) is 2. The Morgan fingerprint density at radius 3 is 2.67 bits per heavy atom. The molecule has 0 aliphatic rings. The van der Waals surface area contributed by atoms with Crippen molar-refractivity contribution in [1.82, 2.24) is 9.94 Å². The first-order chi connectivity index (χ1) is 10.0. The summed E-state index contributed by atoms with van der Waals surface area (Å²) in [5.41, 5.74) is 0.711. The van der Waals surface area contributed by atoms with E-state index in [4.69, 9.17) is 10.1 Å². The second-order valence-corrected chi connectivity index (χ2v) is 3.97. The molecule has 21 heavy (non-hydrogen) atoms. The Morgan fingerprint density at radius 1 is 1.29 bits per heavy atom. The molecule has 8 heteroatoms. The van der Waals surface area contributed by atoms with Crippen molar-refractivity contribution in [3.05, 3.63) is 35.8 Å². The molecule has 0 bridgehead atoms. The third-order valence-corrected chi connectivity index (χ3v) is 2.57. The number of rotatable bonds is 5. The van der Waals surface area contributed by atoms with Gasteiger partial charge < -0.3 is 14.7 Å². The fourth-order valence-corrected chi connectivity index (χ4v) is 1.70. The van der Waals surface area contributed by atoms with Gasteiger partial charge >= 0.3 is 6.61 Å². The molecule has 6 nitrogen and oxygen atoms in total. The number of hydrogen-bond acceptors (Lipinski definition) is 5. The van der Waals surface area contributed by atoms with Crippen molar-refractivity contribution in [2.75, 3.05) is 6.61 Å². The van der Waals surface area contributed by atoms with Gasteiger partial charge in [-0.1, -0.05) is 4.85 Å². The molecule has 2 rings (SSSR count). The number of nitrogens with zero attached hydrogens (tertiary/aromatic N) is 2. The van der Waals surface area contributed by atoms with Crippen molar-refractivity contribution in [2.45, 2.75) is 13.5 Å². The second kappa shape index (κ2) is 6.21. The predicted octanol–water partition coefficient (Wildman–Crippen LogP) is 2.27. The molecule has 0 fully saturated rings. The van der Waals surface area contributed by atoms with Gasteiger partial charge in [0.15, 0.2) is 17.0 Å². The Bertz CT molecular complexity index is 689. The number of halogens is 2. The zero-order chi connectivity index (χ0) is 15.4. The summed E-state index contributed by atoms with van der Waals surface area (Å²) in [6.45, 7) is -0.953. The van der Waals surface area contributed by atoms with Crippen LogP contribution in [0, 0.1) is 5.41 Å². The average molecular weight is 297 g/mol. The largest absolute Gasteiger partial charge is 0.490 e. The molecule has 0 atom stereocenters. The molecular weight excluding hydrogens is 284 g/mol. The molecular formula is C13H13F2N3O3. The average Bonchev–Trinajstić information content (AvgIpc) is 2.43. The number of hydrogen-bond donors (Lipinski definition) is 2. The van der Waals surface area contributed by atoms with Gasteiger partial charge in [0.1, 0.15) is 0 Å². The number of alkyl halides is 2. The number of benzene rings is 1. The summed E-state index contributed by atoms with van der Waals surface area (Å²) < 4.78 is 34.3. The molecule has 1 heterocycles. The molecule has 0 saturated heterocycles. The first kappa shape index (κ1) is 14.8. The summed E-state index contributed by atoms with van der Waals surface area (Å²) in [7, 11) is 0. The van der Waals surface area contributed by atoms with Crippen molar-refractivity contribution >= 4 is 0 Å². The third kappa shape index (κ3) is 3.47. The topological polar surface area (TPSA) is 80.4 Å². The lowest BCUT2D eigenvalue weighted by molar-refractivity contribution is -0.0514. The van der Waals surface area contributed by atoms with Crippen LogP contribution in [0.5, 0.6) is 11.5 Å². The summed E-state index contributed by atoms with van der Waals surface area (Å²) in [4.78, 5) is 0.416. The highest BCUT2D eigenvalue weighted by atomic mass is 19.3. The first-order valence-corrected chi connectivity index (χ1v) is 6.07. The van der Waals surface area contributed by atoms with Crippen LogP contribution < -0.4 is 15.0 Å². The minimum Gasteiger partial charge on any atom is -0.490 e. The highest BCUT2D eigenvalue weighted by molar-refractivity contribution is 5.63. The molecule has 0 unspecified atom stereocenters. The van der Waals surface area contributed by atoms with Crippen LogP contribution in [0.15, 0.2) is 30.3 Å². The van der Waals surface area contributed by atoms with Crippen LogP contribution in [0.1, 0.15) is 6.92 Å². The SMILES string of the molecule is CCOc1cc(-c2ccc(=N)n(O)n2)ccc1OC(F)F. The van der Waals surface area contributed by atoms with Crippen LogP contribution in [0.2, 0.25) is 0 Å². The maximum absolute atomic E-state index is 12.3. The third-order valence-electron chi connectivity index (χ3n) is 2.57. The van der Waals surface area contributed by atoms with Gasteiger partial charge in [-0.25, -0.2) is 0 Å². The summed E-state index contributed by atoms with van der Waals surface area (Å²) in [5, 5.41) is 20.5. The van der Waals surface area contributed by atoms with Gasteiger partial charge in [0.05, 0.1) is 12.3 Å². The van der Waals surface area contributed by atoms with Crippen molar-refractivity contribution in [3.8, 4) is 22.8 Å². The quantitative estimate of drug-likeness (QED) is 0.830. The summed E-state index contributed by atoms with van der Waals surface area (Å²) in [5.74, 6) is 0.0705. The molecule has 2 N–H and O–H groups in total. The van der Waals surface area contributed by atoms with E-state index >= 15 is 0 Å². The van der Waals surface area contributed by atoms with Gasteiger partial charge in [0.2, 0.25) is 0 Å². The van der Waals surface area contributed by atoms with E-state index in [9.17, 15) is 14.0 Å². The van der Waals surface area contributed by atoms with Gasteiger partial charge in [-0.05, 0) is 37.3 Å². The minimum absolute atomic E-state index is 0.0791. The highest BCUT2D eigenvalue weighted by Gasteiger charge is 2.13. The Morgan fingerprint density at radius 2 is 2.05 bits per heavy atom. The van der Waals surface area contributed by atoms with Gasteiger partial charge in [-0.2, -0.15) is 8.78 Å². The smallest absolute Gasteiger partial charge is 0.387 e. The molecule has 0 radical (unpaired) electrons. The van der Waals surface area contributed by atoms with Gasteiger partial charge in [0, 0.05) is 5.56 Å². The first-order valence-electron chi connectivity index (χ1n) is 6.07. The second-order valence-electron chi connectivity index (χ2n) is 3.97. The van der Waals surface area contributed by atoms with Crippen LogP contribution in [-0.4, -0.2) is 28.4 Å². The molecule has 0 spiro atoms. The zero-order valence-electron chi connectivity index (χ0n) is 11.1. The van der Waals surface area contributed by atoms with Gasteiger partial charge in [0.25, 0.3) is 0 Å². The molecule has 0 amide bonds. The molecule has 1 aromatic carbocycles. The molecule has 0 saturated carbocycles. The normalized spacial score (nSPS) is 10.7. The lowest BCUT2D eigenvalue weighted by atomic mass is 10.1. The fraction of sp³-hybridized carbons (Fsp3) is 0.231. The number of nitrogens with one attached hydrogen (secondary N) is 1. The molecule has 0 aliphatic carbocycles. The van der Waals surface area contributed by atoms with Gasteiger partial charge in [-0.3, -0.25) is 5.41 Å². The highest BCUT2D eigenvalue weighted by Crippen LogP contribution is 2.32. The van der Waals surface area contributed by atoms with E-state index in [0.717, 1.165) is 0 Å². The molecule has 2 aromatic rings. The van der Waals surface area contributed by atoms with Crippen molar-refractivity contribution in [1.29, 1.82) is 5.41 Å². The van der Waals surface area contributed by atoms with Gasteiger partial charge in [-0.15, -0.1) is 5.10 Å². The zero-order valence-corrected chi connectivity index (χ0v) is 11.1. The molecule has 0 aliphatic heterocycles. The predicted molar refractivity (Wildman–Crippen MR) is 68.5 cm³/mol. The lowest BCUT2D eigenvalue weighted by Crippen LogP contribution is -2.19. The van der Waals surface area contributed by atoms with Crippen LogP contribution in [-0.2, 0) is 0 Å². The van der Waals surface area contributed by atoms with E-state index in [2.05, 4.69) is 9.84 Å². The van der Waals surface area contributed by atoms with E-state index < -0.39 is 6.61 Å². The standard InChI is InChI=1S/C13H13F2N3O3/c1-2-20-11-7-8(3-5-10(11)21-13(14)15)9-4-6-12(16)18(19)17-9/h3-7,13,16,19H,2H2,1H3. The molecule has 112 valence electrons. The van der Waals surface area contributed by atoms with E-state index in [1.807, 2.05) is 0 Å². The summed E-state index contributed by atoms with van der Waals surface area (Å²) in [6, 6.07) is 7.20. The monoisotopic (exact) mass is 297 g/mol. The van der Waals surface area contributed by atoms with E-state index in [1.165, 1.54) is 30.3 Å².